The lowest BCUT2D eigenvalue weighted by Gasteiger charge is -2.16. The quantitative estimate of drug-likeness (QED) is 0.665. The third-order valence-electron chi connectivity index (χ3n) is 2.29. The molecule has 0 aromatic heterocycles. The first-order valence-corrected chi connectivity index (χ1v) is 5.96. The second-order valence-corrected chi connectivity index (χ2v) is 4.36. The molecule has 4 heteroatoms. The first kappa shape index (κ1) is 12.2. The minimum Gasteiger partial charge on any atom is -0.218 e. The molecular formula is C13H12Cl2N2. The van der Waals surface area contributed by atoms with Crippen molar-refractivity contribution in [3.8, 4) is 0 Å². The summed E-state index contributed by atoms with van der Waals surface area (Å²) in [4.78, 5) is 0. The fourth-order valence-corrected chi connectivity index (χ4v) is 1.84. The second kappa shape index (κ2) is 5.92. The topological polar surface area (TPSA) is 15.3 Å². The number of rotatable bonds is 4. The normalized spacial score (nSPS) is 10.2. The van der Waals surface area contributed by atoms with Crippen molar-refractivity contribution < 1.29 is 0 Å². The SMILES string of the molecule is Clc1cccc(CNN(Cl)c2ccccc2)c1. The molecule has 1 N–H and O–H groups in total. The molecule has 88 valence electrons. The molecule has 0 saturated carbocycles. The van der Waals surface area contributed by atoms with Gasteiger partial charge in [-0.15, -0.1) is 0 Å². The van der Waals surface area contributed by atoms with E-state index >= 15 is 0 Å². The molecular weight excluding hydrogens is 255 g/mol. The van der Waals surface area contributed by atoms with Crippen molar-refractivity contribution in [1.29, 1.82) is 0 Å². The number of nitrogens with zero attached hydrogens (tertiary/aromatic N) is 1. The summed E-state index contributed by atoms with van der Waals surface area (Å²) in [5, 5.41) is 0.727. The van der Waals surface area contributed by atoms with Crippen LogP contribution in [0.3, 0.4) is 0 Å². The van der Waals surface area contributed by atoms with Crippen LogP contribution in [-0.4, -0.2) is 0 Å². The number of anilines is 1. The fourth-order valence-electron chi connectivity index (χ4n) is 1.46. The van der Waals surface area contributed by atoms with Crippen LogP contribution in [-0.2, 0) is 6.54 Å². The summed E-state index contributed by atoms with van der Waals surface area (Å²) in [6, 6.07) is 17.3. The van der Waals surface area contributed by atoms with Gasteiger partial charge in [0, 0.05) is 23.3 Å². The Morgan fingerprint density at radius 2 is 1.76 bits per heavy atom. The van der Waals surface area contributed by atoms with Crippen LogP contribution in [0.5, 0.6) is 0 Å². The van der Waals surface area contributed by atoms with Gasteiger partial charge in [-0.05, 0) is 29.8 Å². The minimum atomic E-state index is 0.624. The smallest absolute Gasteiger partial charge is 0.0706 e. The highest BCUT2D eigenvalue weighted by Gasteiger charge is 2.01. The Balaban J connectivity index is 1.95. The monoisotopic (exact) mass is 266 g/mol. The van der Waals surface area contributed by atoms with Gasteiger partial charge in [-0.2, -0.15) is 0 Å². The molecule has 0 atom stereocenters. The van der Waals surface area contributed by atoms with Gasteiger partial charge in [-0.1, -0.05) is 41.9 Å². The number of hydrogen-bond donors (Lipinski definition) is 1. The van der Waals surface area contributed by atoms with Crippen LogP contribution in [0.15, 0.2) is 54.6 Å². The third-order valence-corrected chi connectivity index (χ3v) is 2.84. The first-order chi connectivity index (χ1) is 8.25. The van der Waals surface area contributed by atoms with E-state index in [0.717, 1.165) is 16.3 Å². The van der Waals surface area contributed by atoms with E-state index in [1.54, 1.807) is 0 Å². The molecule has 0 unspecified atom stereocenters. The molecule has 0 radical (unpaired) electrons. The van der Waals surface area contributed by atoms with Gasteiger partial charge in [0.2, 0.25) is 0 Å². The number of hydrogen-bond acceptors (Lipinski definition) is 2. The van der Waals surface area contributed by atoms with E-state index in [-0.39, 0.29) is 0 Å². The van der Waals surface area contributed by atoms with Gasteiger partial charge >= 0.3 is 0 Å². The van der Waals surface area contributed by atoms with E-state index in [1.807, 2.05) is 54.6 Å². The number of benzene rings is 2. The number of nitrogens with one attached hydrogen (secondary N) is 1. The van der Waals surface area contributed by atoms with Gasteiger partial charge in [0.1, 0.15) is 0 Å². The zero-order valence-corrected chi connectivity index (χ0v) is 10.6. The molecule has 2 nitrogen and oxygen atoms in total. The molecule has 2 aromatic carbocycles. The van der Waals surface area contributed by atoms with Crippen LogP contribution < -0.4 is 9.95 Å². The van der Waals surface area contributed by atoms with E-state index in [2.05, 4.69) is 5.43 Å². The van der Waals surface area contributed by atoms with E-state index < -0.39 is 0 Å². The van der Waals surface area contributed by atoms with E-state index in [9.17, 15) is 0 Å². The van der Waals surface area contributed by atoms with Crippen LogP contribution in [0.4, 0.5) is 5.69 Å². The second-order valence-electron chi connectivity index (χ2n) is 3.58. The Morgan fingerprint density at radius 1 is 1.00 bits per heavy atom. The first-order valence-electron chi connectivity index (χ1n) is 5.24. The Bertz CT molecular complexity index is 474. The van der Waals surface area contributed by atoms with Gasteiger partial charge in [-0.3, -0.25) is 0 Å². The van der Waals surface area contributed by atoms with Gasteiger partial charge in [-0.25, -0.2) is 9.95 Å². The highest BCUT2D eigenvalue weighted by molar-refractivity contribution is 6.30. The fraction of sp³-hybridized carbons (Fsp3) is 0.0769. The van der Waals surface area contributed by atoms with E-state index in [4.69, 9.17) is 23.4 Å². The van der Waals surface area contributed by atoms with Crippen molar-refractivity contribution >= 4 is 29.1 Å². The van der Waals surface area contributed by atoms with Crippen molar-refractivity contribution in [2.75, 3.05) is 4.53 Å². The highest BCUT2D eigenvalue weighted by atomic mass is 35.5. The summed E-state index contributed by atoms with van der Waals surface area (Å²) < 4.78 is 1.47. The average Bonchev–Trinajstić information content (AvgIpc) is 2.37. The summed E-state index contributed by atoms with van der Waals surface area (Å²) in [7, 11) is 0. The maximum atomic E-state index is 6.09. The lowest BCUT2D eigenvalue weighted by atomic mass is 10.2. The average molecular weight is 267 g/mol. The van der Waals surface area contributed by atoms with Crippen LogP contribution in [0.25, 0.3) is 0 Å². The molecule has 0 aliphatic heterocycles. The molecule has 0 aliphatic rings. The van der Waals surface area contributed by atoms with Crippen molar-refractivity contribution in [2.45, 2.75) is 6.54 Å². The van der Waals surface area contributed by atoms with Crippen LogP contribution in [0.1, 0.15) is 5.56 Å². The van der Waals surface area contributed by atoms with Crippen molar-refractivity contribution in [1.82, 2.24) is 5.43 Å². The Morgan fingerprint density at radius 3 is 2.47 bits per heavy atom. The molecule has 2 aromatic rings. The van der Waals surface area contributed by atoms with Gasteiger partial charge in [0.15, 0.2) is 0 Å². The predicted molar refractivity (Wildman–Crippen MR) is 73.1 cm³/mol. The maximum absolute atomic E-state index is 6.09. The zero-order chi connectivity index (χ0) is 12.1. The predicted octanol–water partition coefficient (Wildman–Crippen LogP) is 4.01. The van der Waals surface area contributed by atoms with Crippen molar-refractivity contribution in [2.24, 2.45) is 0 Å². The number of para-hydroxylation sites is 1. The Kier molecular flexibility index (Phi) is 4.26. The van der Waals surface area contributed by atoms with Crippen LogP contribution in [0.2, 0.25) is 5.02 Å². The minimum absolute atomic E-state index is 0.624. The van der Waals surface area contributed by atoms with Gasteiger partial charge < -0.3 is 0 Å². The molecule has 0 aliphatic carbocycles. The molecule has 0 bridgehead atoms. The molecule has 2 rings (SSSR count). The summed E-state index contributed by atoms with van der Waals surface area (Å²) in [6.07, 6.45) is 0. The number of halogens is 2. The Labute approximate surface area is 111 Å². The molecule has 17 heavy (non-hydrogen) atoms. The zero-order valence-electron chi connectivity index (χ0n) is 9.11. The standard InChI is InChI=1S/C13H12Cl2N2/c14-12-6-4-5-11(9-12)10-16-17(15)13-7-2-1-3-8-13/h1-9,16H,10H2. The van der Waals surface area contributed by atoms with Crippen molar-refractivity contribution in [3.05, 3.63) is 65.2 Å². The Hall–Kier alpha value is -1.22. The largest absolute Gasteiger partial charge is 0.218 e. The van der Waals surface area contributed by atoms with Gasteiger partial charge in [0.05, 0.1) is 5.69 Å². The lowest BCUT2D eigenvalue weighted by Crippen LogP contribution is -2.28. The molecule has 0 spiro atoms. The molecule has 0 fully saturated rings. The van der Waals surface area contributed by atoms with Crippen LogP contribution >= 0.6 is 23.4 Å². The summed E-state index contributed by atoms with van der Waals surface area (Å²) in [6.45, 7) is 0.624. The maximum Gasteiger partial charge on any atom is 0.0706 e. The summed E-state index contributed by atoms with van der Waals surface area (Å²) in [5.74, 6) is 0. The number of hydrazine groups is 1. The molecule has 0 heterocycles. The molecule has 0 saturated heterocycles. The van der Waals surface area contributed by atoms with Gasteiger partial charge in [0.25, 0.3) is 0 Å². The lowest BCUT2D eigenvalue weighted by molar-refractivity contribution is 0.741. The van der Waals surface area contributed by atoms with E-state index in [0.29, 0.717) is 6.54 Å². The van der Waals surface area contributed by atoms with Crippen LogP contribution in [0, 0.1) is 0 Å². The summed E-state index contributed by atoms with van der Waals surface area (Å²) in [5.41, 5.74) is 5.06. The van der Waals surface area contributed by atoms with Crippen molar-refractivity contribution in [3.63, 3.8) is 0 Å². The summed E-state index contributed by atoms with van der Waals surface area (Å²) >= 11 is 12.0. The molecule has 0 amide bonds. The van der Waals surface area contributed by atoms with E-state index in [1.165, 1.54) is 4.53 Å². The third kappa shape index (κ3) is 3.63. The highest BCUT2D eigenvalue weighted by Crippen LogP contribution is 2.14.